The predicted molar refractivity (Wildman–Crippen MR) is 85.5 cm³/mol. The van der Waals surface area contributed by atoms with Crippen molar-refractivity contribution in [3.8, 4) is 5.75 Å². The first-order valence-corrected chi connectivity index (χ1v) is 7.24. The topological polar surface area (TPSA) is 34.5 Å². The number of hydrogen-bond donors (Lipinski definition) is 0. The molecule has 0 bridgehead atoms. The molecule has 2 rings (SSSR count). The number of halogens is 1. The van der Waals surface area contributed by atoms with E-state index in [0.29, 0.717) is 0 Å². The van der Waals surface area contributed by atoms with Gasteiger partial charge in [-0.25, -0.2) is 0 Å². The Hall–Kier alpha value is -1.68. The highest BCUT2D eigenvalue weighted by atomic mass is 79.9. The molecule has 1 unspecified atom stereocenters. The average Bonchev–Trinajstić information content (AvgIpc) is 2.48. The zero-order chi connectivity index (χ0) is 14.4. The molecule has 1 aromatic carbocycles. The second kappa shape index (κ2) is 7.20. The van der Waals surface area contributed by atoms with Gasteiger partial charge in [-0.3, -0.25) is 9.98 Å². The smallest absolute Gasteiger partial charge is 0.119 e. The fourth-order valence-electron chi connectivity index (χ4n) is 2.02. The molecule has 0 fully saturated rings. The van der Waals surface area contributed by atoms with Crippen LogP contribution in [-0.2, 0) is 6.42 Å². The molecule has 0 saturated carbocycles. The number of rotatable bonds is 5. The minimum Gasteiger partial charge on any atom is -0.497 e. The molecule has 4 heteroatoms. The van der Waals surface area contributed by atoms with Crippen LogP contribution in [0.25, 0.3) is 0 Å². The van der Waals surface area contributed by atoms with Gasteiger partial charge in [-0.2, -0.15) is 0 Å². The summed E-state index contributed by atoms with van der Waals surface area (Å²) in [6.45, 7) is 1.93. The van der Waals surface area contributed by atoms with Crippen LogP contribution in [0, 0.1) is 0 Å². The molecule has 0 saturated heterocycles. The van der Waals surface area contributed by atoms with Crippen LogP contribution >= 0.6 is 15.9 Å². The molecule has 1 heterocycles. The minimum atomic E-state index is 0.0280. The molecule has 1 atom stereocenters. The molecule has 2 aromatic rings. The van der Waals surface area contributed by atoms with Crippen LogP contribution in [0.2, 0.25) is 0 Å². The minimum absolute atomic E-state index is 0.0280. The van der Waals surface area contributed by atoms with Gasteiger partial charge in [0.2, 0.25) is 0 Å². The first-order chi connectivity index (χ1) is 9.72. The Balaban J connectivity index is 2.22. The fourth-order valence-corrected chi connectivity index (χ4v) is 2.26. The van der Waals surface area contributed by atoms with E-state index < -0.39 is 0 Å². The van der Waals surface area contributed by atoms with E-state index in [1.807, 2.05) is 43.5 Å². The van der Waals surface area contributed by atoms with Crippen molar-refractivity contribution in [3.05, 3.63) is 58.3 Å². The quantitative estimate of drug-likeness (QED) is 0.768. The molecule has 1 aromatic heterocycles. The maximum absolute atomic E-state index is 5.26. The monoisotopic (exact) mass is 332 g/mol. The molecule has 0 aliphatic rings. The normalized spacial score (nSPS) is 12.6. The van der Waals surface area contributed by atoms with E-state index in [9.17, 15) is 0 Å². The summed E-state index contributed by atoms with van der Waals surface area (Å²) in [5, 5.41) is 0. The predicted octanol–water partition coefficient (Wildman–Crippen LogP) is 4.23. The lowest BCUT2D eigenvalue weighted by molar-refractivity contribution is 0.414. The van der Waals surface area contributed by atoms with Crippen molar-refractivity contribution in [2.24, 2.45) is 4.99 Å². The summed E-state index contributed by atoms with van der Waals surface area (Å²) in [5.74, 6) is 0.866. The summed E-state index contributed by atoms with van der Waals surface area (Å²) in [6.07, 6.45) is 4.43. The van der Waals surface area contributed by atoms with Gasteiger partial charge in [-0.05, 0) is 58.9 Å². The molecule has 0 aliphatic heterocycles. The molecular formula is C16H17BrN2O. The number of benzene rings is 1. The van der Waals surface area contributed by atoms with E-state index in [1.54, 1.807) is 13.3 Å². The van der Waals surface area contributed by atoms with Gasteiger partial charge in [-0.1, -0.05) is 12.1 Å². The third-order valence-electron chi connectivity index (χ3n) is 2.98. The Morgan fingerprint density at radius 3 is 2.85 bits per heavy atom. The van der Waals surface area contributed by atoms with E-state index in [-0.39, 0.29) is 6.04 Å². The highest BCUT2D eigenvalue weighted by Gasteiger charge is 2.12. The van der Waals surface area contributed by atoms with Crippen molar-refractivity contribution in [2.75, 3.05) is 7.11 Å². The summed E-state index contributed by atoms with van der Waals surface area (Å²) in [5.41, 5.74) is 2.15. The summed E-state index contributed by atoms with van der Waals surface area (Å²) < 4.78 is 6.23. The average molecular weight is 333 g/mol. The summed E-state index contributed by atoms with van der Waals surface area (Å²) >= 11 is 3.40. The second-order valence-electron chi connectivity index (χ2n) is 4.38. The summed E-state index contributed by atoms with van der Waals surface area (Å²) in [4.78, 5) is 8.98. The van der Waals surface area contributed by atoms with E-state index in [1.165, 1.54) is 5.56 Å². The molecule has 104 valence electrons. The lowest BCUT2D eigenvalue weighted by Crippen LogP contribution is -2.03. The van der Waals surface area contributed by atoms with E-state index in [0.717, 1.165) is 22.3 Å². The summed E-state index contributed by atoms with van der Waals surface area (Å²) in [6, 6.07) is 12.1. The molecule has 0 aliphatic carbocycles. The van der Waals surface area contributed by atoms with Crippen molar-refractivity contribution >= 4 is 22.1 Å². The maximum Gasteiger partial charge on any atom is 0.119 e. The highest BCUT2D eigenvalue weighted by Crippen LogP contribution is 2.23. The zero-order valence-electron chi connectivity index (χ0n) is 11.6. The van der Waals surface area contributed by atoms with Gasteiger partial charge in [-0.15, -0.1) is 0 Å². The van der Waals surface area contributed by atoms with Gasteiger partial charge < -0.3 is 4.74 Å². The SMILES string of the molecule is C/C=N\C(Cc1cccc(OC)c1)c1ccc(Br)cn1. The van der Waals surface area contributed by atoms with Gasteiger partial charge in [0.15, 0.2) is 0 Å². The van der Waals surface area contributed by atoms with Crippen molar-refractivity contribution < 1.29 is 4.74 Å². The van der Waals surface area contributed by atoms with Crippen LogP contribution in [0.3, 0.4) is 0 Å². The molecule has 0 spiro atoms. The van der Waals surface area contributed by atoms with Crippen LogP contribution in [0.15, 0.2) is 52.1 Å². The number of pyridine rings is 1. The van der Waals surface area contributed by atoms with Crippen LogP contribution in [-0.4, -0.2) is 18.3 Å². The Morgan fingerprint density at radius 1 is 1.35 bits per heavy atom. The third-order valence-corrected chi connectivity index (χ3v) is 3.45. The Morgan fingerprint density at radius 2 is 2.20 bits per heavy atom. The van der Waals surface area contributed by atoms with E-state index in [4.69, 9.17) is 4.74 Å². The molecule has 0 amide bonds. The number of methoxy groups -OCH3 is 1. The number of aliphatic imine (C=N–C) groups is 1. The lowest BCUT2D eigenvalue weighted by atomic mass is 10.0. The largest absolute Gasteiger partial charge is 0.497 e. The van der Waals surface area contributed by atoms with Crippen molar-refractivity contribution in [1.82, 2.24) is 4.98 Å². The lowest BCUT2D eigenvalue weighted by Gasteiger charge is -2.12. The maximum atomic E-state index is 5.26. The summed E-state index contributed by atoms with van der Waals surface area (Å²) in [7, 11) is 1.68. The van der Waals surface area contributed by atoms with Crippen LogP contribution in [0.4, 0.5) is 0 Å². The van der Waals surface area contributed by atoms with Gasteiger partial charge >= 0.3 is 0 Å². The Kier molecular flexibility index (Phi) is 5.30. The van der Waals surface area contributed by atoms with Gasteiger partial charge in [0.1, 0.15) is 5.75 Å². The van der Waals surface area contributed by atoms with Crippen LogP contribution in [0.1, 0.15) is 24.2 Å². The van der Waals surface area contributed by atoms with Gasteiger partial charge in [0.25, 0.3) is 0 Å². The van der Waals surface area contributed by atoms with E-state index >= 15 is 0 Å². The first-order valence-electron chi connectivity index (χ1n) is 6.45. The molecular weight excluding hydrogens is 316 g/mol. The Bertz CT molecular complexity index is 581. The number of aromatic nitrogens is 1. The number of nitrogens with zero attached hydrogens (tertiary/aromatic N) is 2. The Labute approximate surface area is 127 Å². The van der Waals surface area contributed by atoms with E-state index in [2.05, 4.69) is 32.0 Å². The van der Waals surface area contributed by atoms with Crippen molar-refractivity contribution in [2.45, 2.75) is 19.4 Å². The first kappa shape index (κ1) is 14.7. The zero-order valence-corrected chi connectivity index (χ0v) is 13.2. The third kappa shape index (κ3) is 3.90. The number of ether oxygens (including phenoxy) is 1. The molecule has 0 N–H and O–H groups in total. The van der Waals surface area contributed by atoms with Crippen molar-refractivity contribution in [1.29, 1.82) is 0 Å². The number of hydrogen-bond acceptors (Lipinski definition) is 3. The highest BCUT2D eigenvalue weighted by molar-refractivity contribution is 9.10. The van der Waals surface area contributed by atoms with Crippen molar-refractivity contribution in [3.63, 3.8) is 0 Å². The molecule has 3 nitrogen and oxygen atoms in total. The molecule has 0 radical (unpaired) electrons. The fraction of sp³-hybridized carbons (Fsp3) is 0.250. The standard InChI is InChI=1S/C16H17BrN2O/c1-3-18-16(15-8-7-13(17)11-19-15)10-12-5-4-6-14(9-12)20-2/h3-9,11,16H,10H2,1-2H3/b18-3-. The van der Waals surface area contributed by atoms with Crippen LogP contribution < -0.4 is 4.74 Å². The van der Waals surface area contributed by atoms with Gasteiger partial charge in [0, 0.05) is 17.1 Å². The second-order valence-corrected chi connectivity index (χ2v) is 5.30. The van der Waals surface area contributed by atoms with Gasteiger partial charge in [0.05, 0.1) is 18.8 Å². The molecule has 20 heavy (non-hydrogen) atoms. The van der Waals surface area contributed by atoms with Crippen LogP contribution in [0.5, 0.6) is 5.75 Å².